The third kappa shape index (κ3) is 2.77. The van der Waals surface area contributed by atoms with Gasteiger partial charge in [0.15, 0.2) is 0 Å². The monoisotopic (exact) mass is 383 g/mol. The van der Waals surface area contributed by atoms with Crippen LogP contribution in [-0.2, 0) is 0 Å². The first-order valence-electron chi connectivity index (χ1n) is 4.79. The second kappa shape index (κ2) is 4.70. The first kappa shape index (κ1) is 13.6. The van der Waals surface area contributed by atoms with Gasteiger partial charge in [-0.3, -0.25) is 4.98 Å². The van der Waals surface area contributed by atoms with E-state index in [4.69, 9.17) is 0 Å². The van der Waals surface area contributed by atoms with Crippen molar-refractivity contribution >= 4 is 42.8 Å². The molecule has 1 aromatic carbocycles. The summed E-state index contributed by atoms with van der Waals surface area (Å²) in [6.07, 6.45) is -4.70. The summed E-state index contributed by atoms with van der Waals surface area (Å²) in [6, 6.07) is 4.02. The van der Waals surface area contributed by atoms with E-state index in [0.717, 1.165) is 5.69 Å². The maximum absolute atomic E-state index is 12.1. The molecule has 1 heterocycles. The molecule has 0 aliphatic heterocycles. The third-order valence-electron chi connectivity index (χ3n) is 2.24. The number of hydrogen-bond acceptors (Lipinski definition) is 2. The topological polar surface area (TPSA) is 22.1 Å². The molecule has 0 N–H and O–H groups in total. The molecule has 0 saturated heterocycles. The molecule has 1 aromatic heterocycles. The van der Waals surface area contributed by atoms with Crippen molar-refractivity contribution in [2.45, 2.75) is 13.3 Å². The summed E-state index contributed by atoms with van der Waals surface area (Å²) < 4.78 is 41.6. The lowest BCUT2D eigenvalue weighted by Crippen LogP contribution is -2.17. The van der Waals surface area contributed by atoms with Crippen LogP contribution < -0.4 is 4.74 Å². The van der Waals surface area contributed by atoms with Gasteiger partial charge in [-0.15, -0.1) is 13.2 Å². The predicted octanol–water partition coefficient (Wildman–Crippen LogP) is 4.97. The van der Waals surface area contributed by atoms with Gasteiger partial charge in [0.25, 0.3) is 0 Å². The Morgan fingerprint density at radius 3 is 2.44 bits per heavy atom. The van der Waals surface area contributed by atoms with Crippen molar-refractivity contribution in [3.8, 4) is 5.75 Å². The van der Waals surface area contributed by atoms with Crippen LogP contribution in [-0.4, -0.2) is 11.3 Å². The van der Waals surface area contributed by atoms with E-state index < -0.39 is 6.36 Å². The van der Waals surface area contributed by atoms with Crippen molar-refractivity contribution in [1.29, 1.82) is 0 Å². The molecule has 0 spiro atoms. The van der Waals surface area contributed by atoms with E-state index >= 15 is 0 Å². The quantitative estimate of drug-likeness (QED) is 0.692. The van der Waals surface area contributed by atoms with E-state index in [9.17, 15) is 13.2 Å². The van der Waals surface area contributed by atoms with Crippen LogP contribution in [0, 0.1) is 6.92 Å². The molecule has 0 radical (unpaired) electrons. The number of hydrogen-bond donors (Lipinski definition) is 0. The number of aromatic nitrogens is 1. The van der Waals surface area contributed by atoms with E-state index in [0.29, 0.717) is 19.8 Å². The number of benzene rings is 1. The normalized spacial score (nSPS) is 11.9. The number of aryl methyl sites for hydroxylation is 1. The Morgan fingerprint density at radius 1 is 1.17 bits per heavy atom. The van der Waals surface area contributed by atoms with E-state index in [1.165, 1.54) is 18.2 Å². The highest BCUT2D eigenvalue weighted by Gasteiger charge is 2.31. The third-order valence-corrected chi connectivity index (χ3v) is 4.56. The second-order valence-electron chi connectivity index (χ2n) is 3.55. The maximum Gasteiger partial charge on any atom is 0.573 e. The van der Waals surface area contributed by atoms with Crippen LogP contribution in [0.15, 0.2) is 27.1 Å². The molecule has 0 atom stereocenters. The van der Waals surface area contributed by atoms with Gasteiger partial charge in [0, 0.05) is 9.86 Å². The van der Waals surface area contributed by atoms with Gasteiger partial charge in [0.2, 0.25) is 0 Å². The van der Waals surface area contributed by atoms with Crippen molar-refractivity contribution in [3.63, 3.8) is 0 Å². The Labute approximate surface area is 117 Å². The lowest BCUT2D eigenvalue weighted by atomic mass is 10.2. The van der Waals surface area contributed by atoms with Crippen LogP contribution in [0.3, 0.4) is 0 Å². The fourth-order valence-electron chi connectivity index (χ4n) is 1.49. The molecule has 0 aliphatic carbocycles. The fraction of sp³-hybridized carbons (Fsp3) is 0.182. The zero-order valence-corrected chi connectivity index (χ0v) is 12.1. The largest absolute Gasteiger partial charge is 0.573 e. The van der Waals surface area contributed by atoms with Crippen molar-refractivity contribution in [2.24, 2.45) is 0 Å². The van der Waals surface area contributed by atoms with Crippen molar-refractivity contribution in [3.05, 3.63) is 32.8 Å². The summed E-state index contributed by atoms with van der Waals surface area (Å²) in [5, 5.41) is 0.550. The van der Waals surface area contributed by atoms with Crippen LogP contribution in [0.4, 0.5) is 13.2 Å². The molecule has 2 rings (SSSR count). The smallest absolute Gasteiger partial charge is 0.406 e. The van der Waals surface area contributed by atoms with Crippen LogP contribution in [0.5, 0.6) is 5.75 Å². The molecule has 96 valence electrons. The van der Waals surface area contributed by atoms with Gasteiger partial charge in [-0.2, -0.15) is 0 Å². The highest BCUT2D eigenvalue weighted by atomic mass is 79.9. The van der Waals surface area contributed by atoms with Crippen molar-refractivity contribution < 1.29 is 17.9 Å². The van der Waals surface area contributed by atoms with Crippen molar-refractivity contribution in [2.75, 3.05) is 0 Å². The second-order valence-corrected chi connectivity index (χ2v) is 5.14. The van der Waals surface area contributed by atoms with Crippen molar-refractivity contribution in [1.82, 2.24) is 4.98 Å². The number of fused-ring (bicyclic) bond motifs is 1. The van der Waals surface area contributed by atoms with Gasteiger partial charge in [0.1, 0.15) is 5.75 Å². The summed E-state index contributed by atoms with van der Waals surface area (Å²) >= 11 is 6.64. The number of alkyl halides is 3. The molecular formula is C11H6Br2F3NO. The van der Waals surface area contributed by atoms with E-state index in [2.05, 4.69) is 41.6 Å². The highest BCUT2D eigenvalue weighted by molar-refractivity contribution is 9.13. The van der Waals surface area contributed by atoms with Gasteiger partial charge in [0.05, 0.1) is 15.7 Å². The molecule has 18 heavy (non-hydrogen) atoms. The van der Waals surface area contributed by atoms with Gasteiger partial charge in [-0.05, 0) is 57.0 Å². The number of nitrogens with zero attached hydrogens (tertiary/aromatic N) is 1. The minimum atomic E-state index is -4.70. The lowest BCUT2D eigenvalue weighted by molar-refractivity contribution is -0.274. The molecule has 0 fully saturated rings. The first-order chi connectivity index (χ1) is 8.28. The van der Waals surface area contributed by atoms with Crippen LogP contribution in [0.1, 0.15) is 5.69 Å². The maximum atomic E-state index is 12.1. The zero-order chi connectivity index (χ0) is 13.5. The molecule has 0 bridgehead atoms. The Bertz CT molecular complexity index is 613. The standard InChI is InChI=1S/C11H6Br2F3NO/c1-5-9(12)10(13)7-4-6(18-11(14,15)16)2-3-8(7)17-5/h2-4H,1H3. The van der Waals surface area contributed by atoms with Gasteiger partial charge < -0.3 is 4.74 Å². The molecular weight excluding hydrogens is 379 g/mol. The molecule has 7 heteroatoms. The molecule has 0 aliphatic rings. The number of pyridine rings is 1. The lowest BCUT2D eigenvalue weighted by Gasteiger charge is -2.11. The first-order valence-corrected chi connectivity index (χ1v) is 6.37. The average molecular weight is 385 g/mol. The fourth-order valence-corrected chi connectivity index (χ4v) is 2.40. The minimum Gasteiger partial charge on any atom is -0.406 e. The van der Waals surface area contributed by atoms with Gasteiger partial charge >= 0.3 is 6.36 Å². The Balaban J connectivity index is 2.58. The van der Waals surface area contributed by atoms with Crippen LogP contribution in [0.2, 0.25) is 0 Å². The number of halogens is 5. The number of rotatable bonds is 1. The summed E-state index contributed by atoms with van der Waals surface area (Å²) in [7, 11) is 0. The Morgan fingerprint density at radius 2 is 1.83 bits per heavy atom. The zero-order valence-electron chi connectivity index (χ0n) is 8.98. The summed E-state index contributed by atoms with van der Waals surface area (Å²) in [5.74, 6) is -0.270. The highest BCUT2D eigenvalue weighted by Crippen LogP contribution is 2.35. The molecule has 0 amide bonds. The van der Waals surface area contributed by atoms with E-state index in [1.807, 2.05) is 0 Å². The molecule has 0 saturated carbocycles. The SMILES string of the molecule is Cc1nc2ccc(OC(F)(F)F)cc2c(Br)c1Br. The Hall–Kier alpha value is -0.820. The molecule has 2 aromatic rings. The number of ether oxygens (including phenoxy) is 1. The Kier molecular flexibility index (Phi) is 3.55. The van der Waals surface area contributed by atoms with E-state index in [-0.39, 0.29) is 5.75 Å². The summed E-state index contributed by atoms with van der Waals surface area (Å²) in [5.41, 5.74) is 1.34. The van der Waals surface area contributed by atoms with E-state index in [1.54, 1.807) is 6.92 Å². The molecule has 0 unspecified atom stereocenters. The minimum absolute atomic E-state index is 0.270. The van der Waals surface area contributed by atoms with Gasteiger partial charge in [-0.25, -0.2) is 0 Å². The molecule has 2 nitrogen and oxygen atoms in total. The average Bonchev–Trinajstić information content (AvgIpc) is 2.25. The predicted molar refractivity (Wildman–Crippen MR) is 68.6 cm³/mol. The van der Waals surface area contributed by atoms with Crippen LogP contribution in [0.25, 0.3) is 10.9 Å². The van der Waals surface area contributed by atoms with Crippen LogP contribution >= 0.6 is 31.9 Å². The van der Waals surface area contributed by atoms with Gasteiger partial charge in [-0.1, -0.05) is 0 Å². The summed E-state index contributed by atoms with van der Waals surface area (Å²) in [4.78, 5) is 4.26. The summed E-state index contributed by atoms with van der Waals surface area (Å²) in [6.45, 7) is 1.80.